The minimum Gasteiger partial charge on any atom is -0.494 e. The van der Waals surface area contributed by atoms with Gasteiger partial charge in [-0.1, -0.05) is 13.8 Å². The first-order valence-corrected chi connectivity index (χ1v) is 5.25. The van der Waals surface area contributed by atoms with E-state index in [1.165, 1.54) is 18.1 Å². The second-order valence-electron chi connectivity index (χ2n) is 3.92. The predicted molar refractivity (Wildman–Crippen MR) is 59.8 cm³/mol. The lowest BCUT2D eigenvalue weighted by Crippen LogP contribution is -2.06. The van der Waals surface area contributed by atoms with Crippen molar-refractivity contribution in [3.63, 3.8) is 0 Å². The number of nitrogens with zero attached hydrogens (tertiary/aromatic N) is 4. The molecule has 0 unspecified atom stereocenters. The summed E-state index contributed by atoms with van der Waals surface area (Å²) in [5.74, 6) is -0.134. The van der Waals surface area contributed by atoms with Crippen LogP contribution in [-0.2, 0) is 0 Å². The van der Waals surface area contributed by atoms with E-state index in [2.05, 4.69) is 15.5 Å². The summed E-state index contributed by atoms with van der Waals surface area (Å²) in [6, 6.07) is 3.31. The summed E-state index contributed by atoms with van der Waals surface area (Å²) >= 11 is 0. The minimum atomic E-state index is -0.365. The summed E-state index contributed by atoms with van der Waals surface area (Å²) in [6.07, 6.45) is 1.44. The fourth-order valence-corrected chi connectivity index (χ4v) is 1.74. The van der Waals surface area contributed by atoms with E-state index in [4.69, 9.17) is 4.74 Å². The lowest BCUT2D eigenvalue weighted by atomic mass is 10.00. The second-order valence-corrected chi connectivity index (χ2v) is 3.92. The molecule has 0 fully saturated rings. The Hall–Kier alpha value is -1.98. The number of methoxy groups -OCH3 is 1. The van der Waals surface area contributed by atoms with E-state index < -0.39 is 0 Å². The Kier molecular flexibility index (Phi) is 3.03. The number of tetrazole rings is 1. The van der Waals surface area contributed by atoms with Gasteiger partial charge in [0.25, 0.3) is 0 Å². The molecular formula is C11H13FN4O. The first-order chi connectivity index (χ1) is 8.15. The summed E-state index contributed by atoms with van der Waals surface area (Å²) in [5.41, 5.74) is 1.17. The van der Waals surface area contributed by atoms with E-state index in [1.54, 1.807) is 12.1 Å². The second kappa shape index (κ2) is 4.48. The van der Waals surface area contributed by atoms with Crippen molar-refractivity contribution in [3.05, 3.63) is 29.8 Å². The first-order valence-electron chi connectivity index (χ1n) is 5.25. The molecule has 0 bridgehead atoms. The van der Waals surface area contributed by atoms with Gasteiger partial charge in [0.15, 0.2) is 11.6 Å². The Bertz CT molecular complexity index is 510. The molecule has 6 heteroatoms. The average molecular weight is 236 g/mol. The highest BCUT2D eigenvalue weighted by atomic mass is 19.1. The molecule has 90 valence electrons. The van der Waals surface area contributed by atoms with E-state index in [0.29, 0.717) is 11.3 Å². The van der Waals surface area contributed by atoms with Gasteiger partial charge in [-0.15, -0.1) is 5.10 Å². The normalized spacial score (nSPS) is 10.9. The van der Waals surface area contributed by atoms with Crippen LogP contribution in [0.25, 0.3) is 5.69 Å². The van der Waals surface area contributed by atoms with Crippen LogP contribution in [0.5, 0.6) is 5.75 Å². The van der Waals surface area contributed by atoms with Gasteiger partial charge in [-0.2, -0.15) is 0 Å². The maximum absolute atomic E-state index is 14.2. The molecular weight excluding hydrogens is 223 g/mol. The molecule has 0 amide bonds. The standard InChI is InChI=1S/C11H13FN4O/c1-7(2)10-8(16-6-13-14-15-16)4-5-9(17-3)11(10)12/h4-7H,1-3H3. The number of aromatic nitrogens is 4. The van der Waals surface area contributed by atoms with Gasteiger partial charge in [-0.3, -0.25) is 0 Å². The maximum Gasteiger partial charge on any atom is 0.170 e. The molecule has 1 aromatic carbocycles. The van der Waals surface area contributed by atoms with Gasteiger partial charge in [0.2, 0.25) is 0 Å². The lowest BCUT2D eigenvalue weighted by Gasteiger charge is -2.15. The monoisotopic (exact) mass is 236 g/mol. The Balaban J connectivity index is 2.64. The molecule has 1 aromatic heterocycles. The van der Waals surface area contributed by atoms with Crippen molar-refractivity contribution < 1.29 is 9.13 Å². The van der Waals surface area contributed by atoms with Crippen LogP contribution in [0.15, 0.2) is 18.5 Å². The molecule has 0 radical (unpaired) electrons. The molecule has 2 aromatic rings. The van der Waals surface area contributed by atoms with Crippen molar-refractivity contribution in [2.24, 2.45) is 0 Å². The third kappa shape index (κ3) is 1.98. The Labute approximate surface area is 98.2 Å². The third-order valence-corrected chi connectivity index (χ3v) is 2.51. The highest BCUT2D eigenvalue weighted by molar-refractivity contribution is 5.48. The molecule has 0 spiro atoms. The van der Waals surface area contributed by atoms with Crippen LogP contribution in [0.4, 0.5) is 4.39 Å². The topological polar surface area (TPSA) is 52.8 Å². The third-order valence-electron chi connectivity index (χ3n) is 2.51. The largest absolute Gasteiger partial charge is 0.494 e. The summed E-state index contributed by atoms with van der Waals surface area (Å²) in [7, 11) is 1.44. The number of hydrogen-bond donors (Lipinski definition) is 0. The summed E-state index contributed by atoms with van der Waals surface area (Å²) in [6.45, 7) is 3.82. The van der Waals surface area contributed by atoms with Crippen LogP contribution >= 0.6 is 0 Å². The first kappa shape index (κ1) is 11.5. The van der Waals surface area contributed by atoms with Gasteiger partial charge < -0.3 is 4.74 Å². The fraction of sp³-hybridized carbons (Fsp3) is 0.364. The number of ether oxygens (including phenoxy) is 1. The maximum atomic E-state index is 14.2. The molecule has 0 aliphatic heterocycles. The van der Waals surface area contributed by atoms with Gasteiger partial charge in [-0.05, 0) is 28.5 Å². The molecule has 5 nitrogen and oxygen atoms in total. The van der Waals surface area contributed by atoms with Crippen molar-refractivity contribution in [1.29, 1.82) is 0 Å². The zero-order valence-corrected chi connectivity index (χ0v) is 9.88. The van der Waals surface area contributed by atoms with Gasteiger partial charge in [0.1, 0.15) is 6.33 Å². The molecule has 0 aliphatic carbocycles. The molecule has 0 atom stereocenters. The molecule has 0 saturated heterocycles. The van der Waals surface area contributed by atoms with Gasteiger partial charge in [-0.25, -0.2) is 9.07 Å². The Morgan fingerprint density at radius 3 is 2.65 bits per heavy atom. The Morgan fingerprint density at radius 1 is 1.35 bits per heavy atom. The predicted octanol–water partition coefficient (Wildman–Crippen LogP) is 1.93. The molecule has 1 heterocycles. The molecule has 0 N–H and O–H groups in total. The lowest BCUT2D eigenvalue weighted by molar-refractivity contribution is 0.383. The average Bonchev–Trinajstić information content (AvgIpc) is 2.81. The summed E-state index contributed by atoms with van der Waals surface area (Å²) in [5, 5.41) is 10.9. The van der Waals surface area contributed by atoms with Crippen molar-refractivity contribution in [2.75, 3.05) is 7.11 Å². The summed E-state index contributed by atoms with van der Waals surface area (Å²) < 4.78 is 20.6. The van der Waals surface area contributed by atoms with Gasteiger partial charge in [0, 0.05) is 5.56 Å². The van der Waals surface area contributed by atoms with Crippen LogP contribution in [0.1, 0.15) is 25.3 Å². The van der Waals surface area contributed by atoms with Crippen molar-refractivity contribution >= 4 is 0 Å². The van der Waals surface area contributed by atoms with E-state index in [9.17, 15) is 4.39 Å². The molecule has 0 aliphatic rings. The van der Waals surface area contributed by atoms with Gasteiger partial charge in [0.05, 0.1) is 12.8 Å². The van der Waals surface area contributed by atoms with E-state index in [1.807, 2.05) is 13.8 Å². The molecule has 2 rings (SSSR count). The minimum absolute atomic E-state index is 0.00398. The quantitative estimate of drug-likeness (QED) is 0.817. The Morgan fingerprint density at radius 2 is 2.12 bits per heavy atom. The number of benzene rings is 1. The van der Waals surface area contributed by atoms with E-state index in [0.717, 1.165) is 0 Å². The number of halogens is 1. The van der Waals surface area contributed by atoms with Crippen molar-refractivity contribution in [2.45, 2.75) is 19.8 Å². The number of rotatable bonds is 3. The molecule has 17 heavy (non-hydrogen) atoms. The van der Waals surface area contributed by atoms with Crippen LogP contribution < -0.4 is 4.74 Å². The van der Waals surface area contributed by atoms with Crippen molar-refractivity contribution in [3.8, 4) is 11.4 Å². The SMILES string of the molecule is COc1ccc(-n2cnnn2)c(C(C)C)c1F. The van der Waals surface area contributed by atoms with Crippen LogP contribution in [0, 0.1) is 5.82 Å². The van der Waals surface area contributed by atoms with E-state index >= 15 is 0 Å². The highest BCUT2D eigenvalue weighted by Gasteiger charge is 2.18. The van der Waals surface area contributed by atoms with Crippen LogP contribution in [0.2, 0.25) is 0 Å². The zero-order valence-electron chi connectivity index (χ0n) is 9.88. The summed E-state index contributed by atoms with van der Waals surface area (Å²) in [4.78, 5) is 0. The highest BCUT2D eigenvalue weighted by Crippen LogP contribution is 2.31. The zero-order chi connectivity index (χ0) is 12.4. The number of hydrogen-bond acceptors (Lipinski definition) is 4. The van der Waals surface area contributed by atoms with Crippen LogP contribution in [0.3, 0.4) is 0 Å². The van der Waals surface area contributed by atoms with E-state index in [-0.39, 0.29) is 17.5 Å². The molecule has 0 saturated carbocycles. The van der Waals surface area contributed by atoms with Gasteiger partial charge >= 0.3 is 0 Å². The van der Waals surface area contributed by atoms with Crippen molar-refractivity contribution in [1.82, 2.24) is 20.2 Å². The smallest absolute Gasteiger partial charge is 0.170 e. The fourth-order valence-electron chi connectivity index (χ4n) is 1.74. The van der Waals surface area contributed by atoms with Crippen LogP contribution in [-0.4, -0.2) is 27.3 Å².